The van der Waals surface area contributed by atoms with Gasteiger partial charge in [-0.15, -0.1) is 11.3 Å². The minimum absolute atomic E-state index is 0.921. The van der Waals surface area contributed by atoms with Gasteiger partial charge in [0.15, 0.2) is 0 Å². The molecule has 0 spiro atoms. The SMILES string of the molecule is C=Cc1ccccc1N=Cn1c2ccccc2c2c3ccsc3ccc21. The van der Waals surface area contributed by atoms with Crippen LogP contribution in [0.2, 0.25) is 0 Å². The first-order valence-electron chi connectivity index (χ1n) is 8.51. The van der Waals surface area contributed by atoms with Gasteiger partial charge in [0.05, 0.1) is 16.7 Å². The maximum Gasteiger partial charge on any atom is 0.100 e. The Morgan fingerprint density at radius 1 is 0.846 bits per heavy atom. The minimum atomic E-state index is 0.921. The molecule has 0 fully saturated rings. The normalized spacial score (nSPS) is 11.8. The summed E-state index contributed by atoms with van der Waals surface area (Å²) >= 11 is 1.78. The quantitative estimate of drug-likeness (QED) is 0.249. The van der Waals surface area contributed by atoms with Gasteiger partial charge in [0.25, 0.3) is 0 Å². The number of rotatable bonds is 3. The molecule has 0 saturated heterocycles. The molecule has 2 heterocycles. The fraction of sp³-hybridized carbons (Fsp3) is 0. The molecule has 0 aliphatic rings. The van der Waals surface area contributed by atoms with E-state index in [1.54, 1.807) is 11.3 Å². The van der Waals surface area contributed by atoms with Crippen LogP contribution >= 0.6 is 11.3 Å². The minimum Gasteiger partial charge on any atom is -0.300 e. The molecule has 124 valence electrons. The molecule has 0 radical (unpaired) electrons. The molecule has 0 saturated carbocycles. The Bertz CT molecular complexity index is 1300. The summed E-state index contributed by atoms with van der Waals surface area (Å²) in [6.45, 7) is 3.89. The number of aliphatic imine (C=N–C) groups is 1. The van der Waals surface area contributed by atoms with E-state index in [0.717, 1.165) is 11.3 Å². The van der Waals surface area contributed by atoms with Crippen molar-refractivity contribution in [1.29, 1.82) is 0 Å². The van der Waals surface area contributed by atoms with E-state index in [1.165, 1.54) is 31.9 Å². The highest BCUT2D eigenvalue weighted by atomic mass is 32.1. The summed E-state index contributed by atoms with van der Waals surface area (Å²) in [5.74, 6) is 0. The van der Waals surface area contributed by atoms with Gasteiger partial charge in [-0.05, 0) is 41.3 Å². The molecule has 0 bridgehead atoms. The first-order valence-corrected chi connectivity index (χ1v) is 9.39. The van der Waals surface area contributed by atoms with Crippen LogP contribution in [0.4, 0.5) is 5.69 Å². The van der Waals surface area contributed by atoms with Gasteiger partial charge in [-0.2, -0.15) is 0 Å². The Hall–Kier alpha value is -3.17. The van der Waals surface area contributed by atoms with E-state index in [1.807, 2.05) is 36.7 Å². The van der Waals surface area contributed by atoms with Crippen molar-refractivity contribution < 1.29 is 0 Å². The van der Waals surface area contributed by atoms with Gasteiger partial charge in [0, 0.05) is 20.9 Å². The Labute approximate surface area is 155 Å². The first kappa shape index (κ1) is 15.1. The van der Waals surface area contributed by atoms with Crippen molar-refractivity contribution in [2.45, 2.75) is 0 Å². The van der Waals surface area contributed by atoms with E-state index in [2.05, 4.69) is 59.0 Å². The second-order valence-electron chi connectivity index (χ2n) is 6.19. The van der Waals surface area contributed by atoms with E-state index in [0.29, 0.717) is 0 Å². The molecule has 26 heavy (non-hydrogen) atoms. The summed E-state index contributed by atoms with van der Waals surface area (Å²) in [7, 11) is 0. The Morgan fingerprint density at radius 2 is 1.69 bits per heavy atom. The lowest BCUT2D eigenvalue weighted by Crippen LogP contribution is -1.94. The highest BCUT2D eigenvalue weighted by Gasteiger charge is 2.12. The van der Waals surface area contributed by atoms with Crippen molar-refractivity contribution in [2.75, 3.05) is 0 Å². The summed E-state index contributed by atoms with van der Waals surface area (Å²) in [6, 6.07) is 23.2. The van der Waals surface area contributed by atoms with E-state index >= 15 is 0 Å². The Kier molecular flexibility index (Phi) is 3.47. The van der Waals surface area contributed by atoms with Gasteiger partial charge in [-0.3, -0.25) is 4.57 Å². The zero-order valence-corrected chi connectivity index (χ0v) is 14.9. The van der Waals surface area contributed by atoms with Gasteiger partial charge >= 0.3 is 0 Å². The van der Waals surface area contributed by atoms with Gasteiger partial charge < -0.3 is 0 Å². The van der Waals surface area contributed by atoms with Gasteiger partial charge in [0.2, 0.25) is 0 Å². The van der Waals surface area contributed by atoms with Crippen LogP contribution in [-0.4, -0.2) is 10.9 Å². The number of fused-ring (bicyclic) bond motifs is 5. The first-order chi connectivity index (χ1) is 12.9. The Morgan fingerprint density at radius 3 is 2.62 bits per heavy atom. The summed E-state index contributed by atoms with van der Waals surface area (Å²) < 4.78 is 3.50. The monoisotopic (exact) mass is 352 g/mol. The van der Waals surface area contributed by atoms with Gasteiger partial charge in [-0.1, -0.05) is 49.1 Å². The van der Waals surface area contributed by atoms with E-state index in [9.17, 15) is 0 Å². The molecule has 0 unspecified atom stereocenters. The van der Waals surface area contributed by atoms with Crippen molar-refractivity contribution in [3.8, 4) is 0 Å². The highest BCUT2D eigenvalue weighted by molar-refractivity contribution is 7.17. The van der Waals surface area contributed by atoms with Crippen LogP contribution in [0.3, 0.4) is 0 Å². The summed E-state index contributed by atoms with van der Waals surface area (Å²) in [4.78, 5) is 4.76. The predicted molar refractivity (Wildman–Crippen MR) is 115 cm³/mol. The number of benzene rings is 3. The van der Waals surface area contributed by atoms with Crippen LogP contribution in [0, 0.1) is 0 Å². The second-order valence-corrected chi connectivity index (χ2v) is 7.13. The van der Waals surface area contributed by atoms with Crippen molar-refractivity contribution in [3.63, 3.8) is 0 Å². The fourth-order valence-corrected chi connectivity index (χ4v) is 4.36. The van der Waals surface area contributed by atoms with Crippen LogP contribution in [0.5, 0.6) is 0 Å². The average Bonchev–Trinajstić information content (AvgIpc) is 3.28. The van der Waals surface area contributed by atoms with Crippen molar-refractivity contribution in [1.82, 2.24) is 4.57 Å². The zero-order valence-electron chi connectivity index (χ0n) is 14.1. The zero-order chi connectivity index (χ0) is 17.5. The molecule has 5 aromatic rings. The lowest BCUT2D eigenvalue weighted by Gasteiger charge is -2.02. The predicted octanol–water partition coefficient (Wildman–Crippen LogP) is 6.86. The third-order valence-corrected chi connectivity index (χ3v) is 5.66. The lowest BCUT2D eigenvalue weighted by atomic mass is 10.1. The molecule has 0 atom stereocenters. The van der Waals surface area contributed by atoms with Crippen LogP contribution in [0.25, 0.3) is 38.0 Å². The van der Waals surface area contributed by atoms with E-state index in [4.69, 9.17) is 4.99 Å². The highest BCUT2D eigenvalue weighted by Crippen LogP contribution is 2.36. The summed E-state index contributed by atoms with van der Waals surface area (Å²) in [5.41, 5.74) is 4.30. The molecule has 2 nitrogen and oxygen atoms in total. The smallest absolute Gasteiger partial charge is 0.100 e. The third-order valence-electron chi connectivity index (χ3n) is 4.77. The van der Waals surface area contributed by atoms with Gasteiger partial charge in [0.1, 0.15) is 6.34 Å². The van der Waals surface area contributed by atoms with Crippen molar-refractivity contribution >= 4 is 61.3 Å². The van der Waals surface area contributed by atoms with Gasteiger partial charge in [-0.25, -0.2) is 4.99 Å². The van der Waals surface area contributed by atoms with Crippen LogP contribution in [0.15, 0.2) is 83.7 Å². The van der Waals surface area contributed by atoms with E-state index in [-0.39, 0.29) is 0 Å². The molecule has 0 N–H and O–H groups in total. The molecule has 0 amide bonds. The number of nitrogens with zero attached hydrogens (tertiary/aromatic N) is 2. The fourth-order valence-electron chi connectivity index (χ4n) is 3.56. The largest absolute Gasteiger partial charge is 0.300 e. The lowest BCUT2D eigenvalue weighted by molar-refractivity contribution is 1.30. The molecule has 5 rings (SSSR count). The van der Waals surface area contributed by atoms with Crippen LogP contribution in [0.1, 0.15) is 5.56 Å². The third kappa shape index (κ3) is 2.21. The molecule has 3 aromatic carbocycles. The molecule has 0 aliphatic carbocycles. The standard InChI is InChI=1S/C23H16N2S/c1-2-16-7-3-5-9-19(16)24-15-25-20-10-6-4-8-17(20)23-18-13-14-26-22(18)12-11-21(23)25/h2-15H,1H2. The van der Waals surface area contributed by atoms with Crippen molar-refractivity contribution in [2.24, 2.45) is 4.99 Å². The van der Waals surface area contributed by atoms with Crippen LogP contribution < -0.4 is 0 Å². The summed E-state index contributed by atoms with van der Waals surface area (Å²) in [6.07, 6.45) is 3.76. The number of para-hydroxylation sites is 2. The maximum absolute atomic E-state index is 4.76. The molecule has 3 heteroatoms. The van der Waals surface area contributed by atoms with Crippen LogP contribution in [-0.2, 0) is 0 Å². The Balaban J connectivity index is 1.81. The summed E-state index contributed by atoms with van der Waals surface area (Å²) in [5, 5.41) is 6.02. The number of hydrogen-bond acceptors (Lipinski definition) is 2. The van der Waals surface area contributed by atoms with E-state index < -0.39 is 0 Å². The molecule has 0 aliphatic heterocycles. The number of thiophene rings is 1. The maximum atomic E-state index is 4.76. The molecular formula is C23H16N2S. The number of aromatic nitrogens is 1. The second kappa shape index (κ2) is 5.97. The molecular weight excluding hydrogens is 336 g/mol. The topological polar surface area (TPSA) is 17.3 Å². The molecule has 2 aromatic heterocycles. The van der Waals surface area contributed by atoms with Crippen molar-refractivity contribution in [3.05, 3.63) is 84.3 Å². The number of hydrogen-bond donors (Lipinski definition) is 0. The average molecular weight is 352 g/mol.